The van der Waals surface area contributed by atoms with Crippen LogP contribution in [0.3, 0.4) is 0 Å². The zero-order valence-electron chi connectivity index (χ0n) is 15.2. The highest BCUT2D eigenvalue weighted by molar-refractivity contribution is 6.05. The molecule has 0 amide bonds. The van der Waals surface area contributed by atoms with Crippen molar-refractivity contribution in [3.63, 3.8) is 0 Å². The number of methoxy groups -OCH3 is 1. The molecule has 0 saturated carbocycles. The Labute approximate surface area is 153 Å². The molecule has 2 aromatic carbocycles. The van der Waals surface area contributed by atoms with Crippen LogP contribution in [0.15, 0.2) is 54.7 Å². The number of hydrogen-bond donors (Lipinski definition) is 0. The number of nitrogens with zero attached hydrogens (tertiary/aromatic N) is 2. The molecule has 0 aliphatic rings. The lowest BCUT2D eigenvalue weighted by Crippen LogP contribution is -2.21. The molecule has 0 bridgehead atoms. The Bertz CT molecular complexity index is 910. The molecule has 1 aromatic heterocycles. The van der Waals surface area contributed by atoms with Crippen molar-refractivity contribution in [2.45, 2.75) is 13.5 Å². The number of rotatable bonds is 6. The molecule has 134 valence electrons. The van der Waals surface area contributed by atoms with Crippen molar-refractivity contribution >= 4 is 22.6 Å². The summed E-state index contributed by atoms with van der Waals surface area (Å²) in [5.41, 5.74) is 3.19. The minimum absolute atomic E-state index is 0.316. The van der Waals surface area contributed by atoms with Gasteiger partial charge in [-0.3, -0.25) is 4.98 Å². The van der Waals surface area contributed by atoms with Gasteiger partial charge < -0.3 is 14.4 Å². The van der Waals surface area contributed by atoms with E-state index >= 15 is 0 Å². The molecule has 0 N–H and O–H groups in total. The van der Waals surface area contributed by atoms with Gasteiger partial charge in [0.25, 0.3) is 0 Å². The highest BCUT2D eigenvalue weighted by Gasteiger charge is 2.20. The summed E-state index contributed by atoms with van der Waals surface area (Å²) in [6, 6.07) is 15.8. The van der Waals surface area contributed by atoms with Crippen LogP contribution in [0, 0.1) is 0 Å². The van der Waals surface area contributed by atoms with Crippen LogP contribution in [-0.4, -0.2) is 31.7 Å². The molecular weight excluding hydrogens is 328 g/mol. The number of carbonyl (C=O) groups excluding carboxylic acids is 1. The highest BCUT2D eigenvalue weighted by Crippen LogP contribution is 2.33. The van der Waals surface area contributed by atoms with Gasteiger partial charge in [-0.25, -0.2) is 4.79 Å². The van der Waals surface area contributed by atoms with Crippen LogP contribution in [0.5, 0.6) is 5.75 Å². The van der Waals surface area contributed by atoms with Crippen LogP contribution in [0.1, 0.15) is 22.8 Å². The summed E-state index contributed by atoms with van der Waals surface area (Å²) in [5, 5.41) is 0.855. The fourth-order valence-corrected chi connectivity index (χ4v) is 2.99. The summed E-state index contributed by atoms with van der Waals surface area (Å²) < 4.78 is 10.6. The van der Waals surface area contributed by atoms with E-state index in [1.54, 1.807) is 20.2 Å². The van der Waals surface area contributed by atoms with Gasteiger partial charge in [0.05, 0.1) is 24.9 Å². The van der Waals surface area contributed by atoms with Crippen LogP contribution < -0.4 is 9.64 Å². The monoisotopic (exact) mass is 350 g/mol. The molecule has 0 aliphatic carbocycles. The van der Waals surface area contributed by atoms with Crippen LogP contribution in [0.2, 0.25) is 0 Å². The predicted octanol–water partition coefficient (Wildman–Crippen LogP) is 4.06. The van der Waals surface area contributed by atoms with E-state index in [9.17, 15) is 4.79 Å². The largest absolute Gasteiger partial charge is 0.497 e. The summed E-state index contributed by atoms with van der Waals surface area (Å²) in [4.78, 5) is 19.0. The minimum atomic E-state index is -0.375. The molecule has 1 heterocycles. The Hall–Kier alpha value is -3.08. The molecule has 26 heavy (non-hydrogen) atoms. The second-order valence-corrected chi connectivity index (χ2v) is 5.97. The SMILES string of the molecule is CCOC(=O)c1cnc2ccc(OC)cc2c1N(C)Cc1ccccc1. The smallest absolute Gasteiger partial charge is 0.341 e. The van der Waals surface area contributed by atoms with E-state index in [1.165, 1.54) is 0 Å². The van der Waals surface area contributed by atoms with E-state index < -0.39 is 0 Å². The van der Waals surface area contributed by atoms with Crippen LogP contribution in [-0.2, 0) is 11.3 Å². The molecule has 0 spiro atoms. The quantitative estimate of drug-likeness (QED) is 0.628. The average Bonchev–Trinajstić information content (AvgIpc) is 2.67. The molecule has 5 heteroatoms. The number of benzene rings is 2. The lowest BCUT2D eigenvalue weighted by molar-refractivity contribution is 0.0527. The first-order chi connectivity index (χ1) is 12.6. The molecule has 0 radical (unpaired) electrons. The predicted molar refractivity (Wildman–Crippen MR) is 103 cm³/mol. The highest BCUT2D eigenvalue weighted by atomic mass is 16.5. The normalized spacial score (nSPS) is 10.6. The maximum atomic E-state index is 12.5. The lowest BCUT2D eigenvalue weighted by atomic mass is 10.1. The first kappa shape index (κ1) is 17.7. The zero-order valence-corrected chi connectivity index (χ0v) is 15.2. The van der Waals surface area contributed by atoms with E-state index in [0.717, 1.165) is 27.9 Å². The van der Waals surface area contributed by atoms with Gasteiger partial charge in [0.2, 0.25) is 0 Å². The third-order valence-electron chi connectivity index (χ3n) is 4.19. The second-order valence-electron chi connectivity index (χ2n) is 5.97. The molecule has 0 atom stereocenters. The summed E-state index contributed by atoms with van der Waals surface area (Å²) >= 11 is 0. The molecule has 3 rings (SSSR count). The number of fused-ring (bicyclic) bond motifs is 1. The van der Waals surface area contributed by atoms with E-state index in [-0.39, 0.29) is 5.97 Å². The fraction of sp³-hybridized carbons (Fsp3) is 0.238. The van der Waals surface area contributed by atoms with E-state index in [0.29, 0.717) is 18.7 Å². The topological polar surface area (TPSA) is 51.7 Å². The third kappa shape index (κ3) is 3.61. The fourth-order valence-electron chi connectivity index (χ4n) is 2.99. The second kappa shape index (κ2) is 7.87. The summed E-state index contributed by atoms with van der Waals surface area (Å²) in [6.45, 7) is 2.77. The molecule has 3 aromatic rings. The van der Waals surface area contributed by atoms with Crippen molar-refractivity contribution in [2.24, 2.45) is 0 Å². The van der Waals surface area contributed by atoms with Crippen LogP contribution in [0.25, 0.3) is 10.9 Å². The van der Waals surface area contributed by atoms with E-state index in [1.807, 2.05) is 48.3 Å². The number of esters is 1. The zero-order chi connectivity index (χ0) is 18.5. The molecular formula is C21H22N2O3. The van der Waals surface area contributed by atoms with Gasteiger partial charge in [-0.2, -0.15) is 0 Å². The molecule has 0 saturated heterocycles. The molecule has 0 fully saturated rings. The number of ether oxygens (including phenoxy) is 2. The van der Waals surface area contributed by atoms with Gasteiger partial charge in [-0.1, -0.05) is 30.3 Å². The number of carbonyl (C=O) groups is 1. The first-order valence-electron chi connectivity index (χ1n) is 8.53. The van der Waals surface area contributed by atoms with Gasteiger partial charge in [-0.05, 0) is 30.7 Å². The first-order valence-corrected chi connectivity index (χ1v) is 8.53. The third-order valence-corrected chi connectivity index (χ3v) is 4.19. The van der Waals surface area contributed by atoms with Gasteiger partial charge in [0, 0.05) is 25.2 Å². The Balaban J connectivity index is 2.13. The van der Waals surface area contributed by atoms with Crippen molar-refractivity contribution < 1.29 is 14.3 Å². The van der Waals surface area contributed by atoms with Crippen molar-refractivity contribution in [1.82, 2.24) is 4.98 Å². The van der Waals surface area contributed by atoms with Gasteiger partial charge >= 0.3 is 5.97 Å². The number of hydrogen-bond acceptors (Lipinski definition) is 5. The van der Waals surface area contributed by atoms with Crippen molar-refractivity contribution in [3.8, 4) is 5.75 Å². The van der Waals surface area contributed by atoms with Gasteiger partial charge in [0.15, 0.2) is 0 Å². The standard InChI is InChI=1S/C21H22N2O3/c1-4-26-21(24)18-13-22-19-11-10-16(25-3)12-17(19)20(18)23(2)14-15-8-6-5-7-9-15/h5-13H,4,14H2,1-3H3. The van der Waals surface area contributed by atoms with Gasteiger partial charge in [-0.15, -0.1) is 0 Å². The van der Waals surface area contributed by atoms with Crippen LogP contribution >= 0.6 is 0 Å². The number of anilines is 1. The summed E-state index contributed by atoms with van der Waals surface area (Å²) in [6.07, 6.45) is 1.59. The summed E-state index contributed by atoms with van der Waals surface area (Å²) in [5.74, 6) is 0.342. The number of pyridine rings is 1. The Morgan fingerprint density at radius 3 is 2.62 bits per heavy atom. The van der Waals surface area contributed by atoms with Crippen molar-refractivity contribution in [1.29, 1.82) is 0 Å². The van der Waals surface area contributed by atoms with Crippen LogP contribution in [0.4, 0.5) is 5.69 Å². The maximum Gasteiger partial charge on any atom is 0.341 e. The minimum Gasteiger partial charge on any atom is -0.497 e. The molecule has 5 nitrogen and oxygen atoms in total. The Morgan fingerprint density at radius 1 is 1.15 bits per heavy atom. The Kier molecular flexibility index (Phi) is 5.37. The van der Waals surface area contributed by atoms with Gasteiger partial charge in [0.1, 0.15) is 11.3 Å². The van der Waals surface area contributed by atoms with Crippen molar-refractivity contribution in [3.05, 3.63) is 65.9 Å². The average molecular weight is 350 g/mol. The molecule has 0 unspecified atom stereocenters. The maximum absolute atomic E-state index is 12.5. The van der Waals surface area contributed by atoms with E-state index in [4.69, 9.17) is 9.47 Å². The Morgan fingerprint density at radius 2 is 1.92 bits per heavy atom. The lowest BCUT2D eigenvalue weighted by Gasteiger charge is -2.24. The molecule has 0 aliphatic heterocycles. The summed E-state index contributed by atoms with van der Waals surface area (Å²) in [7, 11) is 3.58. The van der Waals surface area contributed by atoms with Crippen molar-refractivity contribution in [2.75, 3.05) is 25.7 Å². The van der Waals surface area contributed by atoms with E-state index in [2.05, 4.69) is 17.1 Å². The number of aromatic nitrogens is 1.